The van der Waals surface area contributed by atoms with Crippen LogP contribution < -0.4 is 5.43 Å². The molecule has 2 amide bonds. The second-order valence-corrected chi connectivity index (χ2v) is 9.11. The van der Waals surface area contributed by atoms with Crippen molar-refractivity contribution in [3.05, 3.63) is 130 Å². The van der Waals surface area contributed by atoms with Crippen molar-refractivity contribution in [2.45, 2.75) is 26.9 Å². The van der Waals surface area contributed by atoms with Gasteiger partial charge in [0, 0.05) is 18.7 Å². The molecule has 4 aromatic rings. The van der Waals surface area contributed by atoms with Gasteiger partial charge in [0.25, 0.3) is 5.91 Å². The monoisotopic (exact) mass is 494 g/mol. The molecule has 0 aliphatic carbocycles. The number of benzene rings is 3. The van der Waals surface area contributed by atoms with E-state index in [0.717, 1.165) is 16.7 Å². The Balaban J connectivity index is 1.64. The standard InChI is InChI=1S/C31H30N2O4/c1-4-16-32(31(36)26-13-9-8-10-23(26)3)20-29(34)33(18-24-11-6-5-7-12-24)19-25-21-37-28-15-14-22(2)17-27(28)30(25)35/h4-15,17,21H,1,16,18-20H2,2-3H3. The van der Waals surface area contributed by atoms with Gasteiger partial charge in [-0.05, 0) is 43.2 Å². The molecule has 1 aromatic heterocycles. The van der Waals surface area contributed by atoms with E-state index in [4.69, 9.17) is 4.42 Å². The Morgan fingerprint density at radius 2 is 1.65 bits per heavy atom. The first-order valence-corrected chi connectivity index (χ1v) is 12.2. The minimum absolute atomic E-state index is 0.0560. The predicted molar refractivity (Wildman–Crippen MR) is 145 cm³/mol. The van der Waals surface area contributed by atoms with Gasteiger partial charge < -0.3 is 14.2 Å². The molecule has 0 saturated heterocycles. The van der Waals surface area contributed by atoms with Crippen molar-refractivity contribution in [1.29, 1.82) is 0 Å². The van der Waals surface area contributed by atoms with Crippen LogP contribution in [0.4, 0.5) is 0 Å². The number of rotatable bonds is 9. The van der Waals surface area contributed by atoms with Crippen LogP contribution in [0.5, 0.6) is 0 Å². The van der Waals surface area contributed by atoms with E-state index in [1.807, 2.05) is 62.4 Å². The van der Waals surface area contributed by atoms with Crippen molar-refractivity contribution < 1.29 is 14.0 Å². The Kier molecular flexibility index (Phi) is 7.98. The number of amides is 2. The highest BCUT2D eigenvalue weighted by atomic mass is 16.3. The third-order valence-corrected chi connectivity index (χ3v) is 6.27. The van der Waals surface area contributed by atoms with Crippen molar-refractivity contribution in [3.8, 4) is 0 Å². The van der Waals surface area contributed by atoms with Crippen LogP contribution in [0.25, 0.3) is 11.0 Å². The van der Waals surface area contributed by atoms with Crippen LogP contribution in [-0.2, 0) is 17.9 Å². The van der Waals surface area contributed by atoms with E-state index in [-0.39, 0.29) is 43.4 Å². The Morgan fingerprint density at radius 3 is 2.38 bits per heavy atom. The second-order valence-electron chi connectivity index (χ2n) is 9.11. The molecule has 6 heteroatoms. The zero-order valence-electron chi connectivity index (χ0n) is 21.1. The molecule has 0 bridgehead atoms. The SMILES string of the molecule is C=CCN(CC(=O)N(Cc1ccccc1)Cc1coc2ccc(C)cc2c1=O)C(=O)c1ccccc1C. The van der Waals surface area contributed by atoms with E-state index in [1.54, 1.807) is 35.2 Å². The van der Waals surface area contributed by atoms with Crippen LogP contribution in [0.15, 0.2) is 101 Å². The predicted octanol–water partition coefficient (Wildman–Crippen LogP) is 5.27. The van der Waals surface area contributed by atoms with E-state index in [9.17, 15) is 14.4 Å². The van der Waals surface area contributed by atoms with Crippen molar-refractivity contribution in [3.63, 3.8) is 0 Å². The van der Waals surface area contributed by atoms with Gasteiger partial charge in [-0.1, -0.05) is 66.2 Å². The van der Waals surface area contributed by atoms with E-state index < -0.39 is 0 Å². The first-order chi connectivity index (χ1) is 17.9. The van der Waals surface area contributed by atoms with E-state index in [1.165, 1.54) is 11.2 Å². The number of hydrogen-bond acceptors (Lipinski definition) is 4. The van der Waals surface area contributed by atoms with Crippen LogP contribution in [0.1, 0.15) is 32.6 Å². The van der Waals surface area contributed by atoms with Gasteiger partial charge in [0.15, 0.2) is 5.43 Å². The molecule has 0 aliphatic heterocycles. The minimum atomic E-state index is -0.281. The summed E-state index contributed by atoms with van der Waals surface area (Å²) in [5, 5.41) is 0.479. The molecule has 6 nitrogen and oxygen atoms in total. The fourth-order valence-corrected chi connectivity index (χ4v) is 4.26. The number of fused-ring (bicyclic) bond motifs is 1. The van der Waals surface area contributed by atoms with Gasteiger partial charge in [-0.15, -0.1) is 6.58 Å². The third-order valence-electron chi connectivity index (χ3n) is 6.27. The fourth-order valence-electron chi connectivity index (χ4n) is 4.26. The average molecular weight is 495 g/mol. The van der Waals surface area contributed by atoms with Crippen molar-refractivity contribution in [2.75, 3.05) is 13.1 Å². The lowest BCUT2D eigenvalue weighted by Gasteiger charge is -2.27. The Morgan fingerprint density at radius 1 is 0.919 bits per heavy atom. The summed E-state index contributed by atoms with van der Waals surface area (Å²) in [5.41, 5.74) is 3.94. The summed E-state index contributed by atoms with van der Waals surface area (Å²) in [5.74, 6) is -0.525. The van der Waals surface area contributed by atoms with E-state index >= 15 is 0 Å². The summed E-state index contributed by atoms with van der Waals surface area (Å²) in [6.07, 6.45) is 3.02. The molecule has 0 aliphatic rings. The molecular weight excluding hydrogens is 464 g/mol. The zero-order chi connectivity index (χ0) is 26.4. The minimum Gasteiger partial charge on any atom is -0.464 e. The smallest absolute Gasteiger partial charge is 0.254 e. The zero-order valence-corrected chi connectivity index (χ0v) is 21.1. The van der Waals surface area contributed by atoms with Crippen LogP contribution in [0.3, 0.4) is 0 Å². The molecule has 0 fully saturated rings. The quantitative estimate of drug-likeness (QED) is 0.297. The maximum atomic E-state index is 13.7. The molecule has 188 valence electrons. The Labute approximate surface area is 216 Å². The van der Waals surface area contributed by atoms with Gasteiger partial charge >= 0.3 is 0 Å². The lowest BCUT2D eigenvalue weighted by molar-refractivity contribution is -0.133. The van der Waals surface area contributed by atoms with Gasteiger partial charge in [-0.25, -0.2) is 0 Å². The van der Waals surface area contributed by atoms with Crippen LogP contribution in [0.2, 0.25) is 0 Å². The first-order valence-electron chi connectivity index (χ1n) is 12.2. The molecule has 1 heterocycles. The molecule has 0 unspecified atom stereocenters. The summed E-state index contributed by atoms with van der Waals surface area (Å²) in [4.78, 5) is 43.3. The number of hydrogen-bond donors (Lipinski definition) is 0. The summed E-state index contributed by atoms with van der Waals surface area (Å²) in [6, 6.07) is 22.3. The molecular formula is C31H30N2O4. The summed E-state index contributed by atoms with van der Waals surface area (Å²) in [6.45, 7) is 7.95. The highest BCUT2D eigenvalue weighted by Crippen LogP contribution is 2.17. The fraction of sp³-hybridized carbons (Fsp3) is 0.194. The largest absolute Gasteiger partial charge is 0.464 e. The van der Waals surface area contributed by atoms with Crippen molar-refractivity contribution in [2.24, 2.45) is 0 Å². The molecule has 0 saturated carbocycles. The summed E-state index contributed by atoms with van der Waals surface area (Å²) in [7, 11) is 0. The molecule has 0 N–H and O–H groups in total. The lowest BCUT2D eigenvalue weighted by atomic mass is 10.1. The van der Waals surface area contributed by atoms with Crippen LogP contribution in [-0.4, -0.2) is 34.7 Å². The topological polar surface area (TPSA) is 70.8 Å². The maximum absolute atomic E-state index is 13.7. The van der Waals surface area contributed by atoms with E-state index in [2.05, 4.69) is 6.58 Å². The molecule has 4 rings (SSSR count). The normalized spacial score (nSPS) is 10.8. The van der Waals surface area contributed by atoms with Gasteiger partial charge in [-0.2, -0.15) is 0 Å². The number of carbonyl (C=O) groups excluding carboxylic acids is 2. The maximum Gasteiger partial charge on any atom is 0.254 e. The van der Waals surface area contributed by atoms with Crippen molar-refractivity contribution in [1.82, 2.24) is 9.80 Å². The second kappa shape index (κ2) is 11.5. The summed E-state index contributed by atoms with van der Waals surface area (Å²) >= 11 is 0. The number of carbonyl (C=O) groups is 2. The first kappa shape index (κ1) is 25.6. The van der Waals surface area contributed by atoms with Crippen molar-refractivity contribution >= 4 is 22.8 Å². The highest BCUT2D eigenvalue weighted by molar-refractivity contribution is 5.97. The van der Waals surface area contributed by atoms with Gasteiger partial charge in [0.05, 0.1) is 23.8 Å². The molecule has 0 radical (unpaired) electrons. The van der Waals surface area contributed by atoms with Gasteiger partial charge in [0.2, 0.25) is 5.91 Å². The molecule has 0 spiro atoms. The van der Waals surface area contributed by atoms with Gasteiger partial charge in [0.1, 0.15) is 12.1 Å². The Hall–Kier alpha value is -4.45. The summed E-state index contributed by atoms with van der Waals surface area (Å²) < 4.78 is 5.72. The van der Waals surface area contributed by atoms with Crippen LogP contribution in [0, 0.1) is 13.8 Å². The lowest BCUT2D eigenvalue weighted by Crippen LogP contribution is -2.43. The molecule has 0 atom stereocenters. The number of nitrogens with zero attached hydrogens (tertiary/aromatic N) is 2. The molecule has 37 heavy (non-hydrogen) atoms. The number of aryl methyl sites for hydroxylation is 2. The highest BCUT2D eigenvalue weighted by Gasteiger charge is 2.24. The van der Waals surface area contributed by atoms with E-state index in [0.29, 0.717) is 22.1 Å². The van der Waals surface area contributed by atoms with Gasteiger partial charge in [-0.3, -0.25) is 14.4 Å². The average Bonchev–Trinajstić information content (AvgIpc) is 2.90. The molecule has 3 aromatic carbocycles. The van der Waals surface area contributed by atoms with Crippen LogP contribution >= 0.6 is 0 Å². The Bertz CT molecular complexity index is 1490. The third kappa shape index (κ3) is 6.04.